The maximum Gasteiger partial charge on any atom is 0.534 e. The maximum absolute atomic E-state index is 12.5. The van der Waals surface area contributed by atoms with Crippen LogP contribution in [0.25, 0.3) is 0 Å². The van der Waals surface area contributed by atoms with Crippen molar-refractivity contribution in [2.24, 2.45) is 11.8 Å². The van der Waals surface area contributed by atoms with E-state index in [1.807, 2.05) is 0 Å². The number of hydrogen-bond donors (Lipinski definition) is 0. The van der Waals surface area contributed by atoms with Crippen LogP contribution in [-0.4, -0.2) is 27.9 Å². The van der Waals surface area contributed by atoms with Crippen LogP contribution in [-0.2, 0) is 24.1 Å². The van der Waals surface area contributed by atoms with Crippen molar-refractivity contribution >= 4 is 20.0 Å². The minimum atomic E-state index is -5.97. The van der Waals surface area contributed by atoms with E-state index in [0.29, 0.717) is 12.2 Å². The molecule has 0 aliphatic heterocycles. The lowest BCUT2D eigenvalue weighted by Gasteiger charge is -2.33. The molecule has 0 saturated carbocycles. The molecule has 2 bridgehead atoms. The highest BCUT2D eigenvalue weighted by atomic mass is 32.2. The Labute approximate surface area is 126 Å². The van der Waals surface area contributed by atoms with Gasteiger partial charge in [-0.2, -0.15) is 34.8 Å². The average Bonchev–Trinajstić information content (AvgIpc) is 2.36. The lowest BCUT2D eigenvalue weighted by Crippen LogP contribution is -2.34. The van der Waals surface area contributed by atoms with Crippen molar-refractivity contribution in [2.45, 2.75) is 23.9 Å². The van der Waals surface area contributed by atoms with Crippen LogP contribution in [0.5, 0.6) is 0 Å². The van der Waals surface area contributed by atoms with E-state index in [0.717, 1.165) is 0 Å². The van der Waals surface area contributed by atoms with E-state index >= 15 is 0 Å². The van der Waals surface area contributed by atoms with Gasteiger partial charge in [0.2, 0.25) is 0 Å². The highest BCUT2D eigenvalue weighted by molar-refractivity contribution is 7.96. The summed E-state index contributed by atoms with van der Waals surface area (Å²) < 4.78 is 123. The minimum absolute atomic E-state index is 0.0270. The molecule has 132 valence electrons. The maximum atomic E-state index is 12.5. The fraction of sp³-hybridized carbons (Fsp3) is 0.600. The van der Waals surface area contributed by atoms with Crippen molar-refractivity contribution in [3.8, 4) is 0 Å². The summed E-state index contributed by atoms with van der Waals surface area (Å²) in [5.74, 6) is -3.39. The first-order valence-corrected chi connectivity index (χ1v) is 8.81. The zero-order chi connectivity index (χ0) is 17.8. The highest BCUT2D eigenvalue weighted by Crippen LogP contribution is 2.46. The first kappa shape index (κ1) is 18.1. The molecule has 0 aromatic carbocycles. The second-order valence-corrected chi connectivity index (χ2v) is 8.34. The van der Waals surface area contributed by atoms with Gasteiger partial charge in [-0.1, -0.05) is 6.08 Å². The smallest absolute Gasteiger partial charge is 0.380 e. The van der Waals surface area contributed by atoms with Crippen LogP contribution in [0.1, 0.15) is 12.8 Å². The Hall–Kier alpha value is -1.24. The van der Waals surface area contributed by atoms with Crippen LogP contribution in [0.4, 0.5) is 26.3 Å². The van der Waals surface area contributed by atoms with Gasteiger partial charge in [0.1, 0.15) is 5.76 Å². The summed E-state index contributed by atoms with van der Waals surface area (Å²) in [6.07, 6.45) is 1.17. The summed E-state index contributed by atoms with van der Waals surface area (Å²) in [4.78, 5) is -1.00. The molecule has 2 atom stereocenters. The first-order chi connectivity index (χ1) is 10.2. The van der Waals surface area contributed by atoms with Crippen molar-refractivity contribution in [3.63, 3.8) is 0 Å². The third-order valence-electron chi connectivity index (χ3n) is 3.35. The monoisotopic (exact) mass is 386 g/mol. The lowest BCUT2D eigenvalue weighted by molar-refractivity contribution is -0.0527. The van der Waals surface area contributed by atoms with E-state index in [1.54, 1.807) is 0 Å². The molecule has 0 aromatic heterocycles. The molecule has 0 spiro atoms. The van der Waals surface area contributed by atoms with Gasteiger partial charge >= 0.3 is 21.1 Å². The molecule has 0 heterocycles. The Bertz CT molecular complexity index is 772. The van der Waals surface area contributed by atoms with Gasteiger partial charge in [0.05, 0.1) is 4.91 Å². The number of allylic oxidation sites excluding steroid dienone is 3. The van der Waals surface area contributed by atoms with Crippen molar-refractivity contribution in [1.82, 2.24) is 0 Å². The first-order valence-electron chi connectivity index (χ1n) is 5.92. The Morgan fingerprint density at radius 1 is 0.870 bits per heavy atom. The number of fused-ring (bicyclic) bond motifs is 1. The predicted octanol–water partition coefficient (Wildman–Crippen LogP) is 2.59. The fourth-order valence-electron chi connectivity index (χ4n) is 2.30. The van der Waals surface area contributed by atoms with Crippen molar-refractivity contribution in [2.75, 3.05) is 0 Å². The van der Waals surface area contributed by atoms with Crippen molar-refractivity contribution in [3.05, 3.63) is 22.8 Å². The van der Waals surface area contributed by atoms with Crippen LogP contribution < -0.4 is 0 Å². The Kier molecular flexibility index (Phi) is 4.04. The molecule has 23 heavy (non-hydrogen) atoms. The standard InChI is InChI=1S/C10H8F6O5S2/c11-9(12,13)22(17,18)8-4-5-1-2-6(8)3-7(5)21-23(19,20)10(14,15)16/h3-6H,1-2H2. The fourth-order valence-corrected chi connectivity index (χ4v) is 4.03. The van der Waals surface area contributed by atoms with E-state index in [1.165, 1.54) is 0 Å². The summed E-state index contributed by atoms with van der Waals surface area (Å²) in [5, 5.41) is 0. The van der Waals surface area contributed by atoms with Crippen LogP contribution in [0.3, 0.4) is 0 Å². The topological polar surface area (TPSA) is 77.5 Å². The van der Waals surface area contributed by atoms with E-state index in [2.05, 4.69) is 4.18 Å². The molecular formula is C10H8F6O5S2. The molecule has 3 aliphatic rings. The summed E-state index contributed by atoms with van der Waals surface area (Å²) >= 11 is 0. The molecule has 3 rings (SSSR count). The quantitative estimate of drug-likeness (QED) is 0.423. The Balaban J connectivity index is 2.34. The second kappa shape index (κ2) is 5.13. The summed E-state index contributed by atoms with van der Waals surface area (Å²) in [6.45, 7) is 0. The average molecular weight is 386 g/mol. The zero-order valence-electron chi connectivity index (χ0n) is 10.8. The van der Waals surface area contributed by atoms with Gasteiger partial charge in [-0.05, 0) is 18.9 Å². The minimum Gasteiger partial charge on any atom is -0.380 e. The van der Waals surface area contributed by atoms with Gasteiger partial charge < -0.3 is 4.18 Å². The van der Waals surface area contributed by atoms with Crippen LogP contribution in [0.2, 0.25) is 0 Å². The molecule has 0 saturated heterocycles. The third kappa shape index (κ3) is 3.07. The van der Waals surface area contributed by atoms with Gasteiger partial charge in [-0.15, -0.1) is 0 Å². The molecule has 2 unspecified atom stereocenters. The largest absolute Gasteiger partial charge is 0.534 e. The van der Waals surface area contributed by atoms with Gasteiger partial charge in [0.25, 0.3) is 9.84 Å². The van der Waals surface area contributed by atoms with Crippen molar-refractivity contribution in [1.29, 1.82) is 0 Å². The second-order valence-electron chi connectivity index (χ2n) is 4.86. The molecule has 5 nitrogen and oxygen atoms in total. The number of halogens is 6. The SMILES string of the molecule is O=S(=O)(OC1=CC2CCC1C=C2S(=O)(=O)C(F)(F)F)C(F)(F)F. The molecule has 0 amide bonds. The van der Waals surface area contributed by atoms with E-state index < -0.39 is 53.5 Å². The van der Waals surface area contributed by atoms with Gasteiger partial charge in [-0.25, -0.2) is 8.42 Å². The number of rotatable bonds is 3. The van der Waals surface area contributed by atoms with E-state index in [4.69, 9.17) is 0 Å². The van der Waals surface area contributed by atoms with Gasteiger partial charge in [-0.3, -0.25) is 0 Å². The predicted molar refractivity (Wildman–Crippen MR) is 63.4 cm³/mol. The molecule has 13 heteroatoms. The zero-order valence-corrected chi connectivity index (χ0v) is 12.5. The highest BCUT2D eigenvalue weighted by Gasteiger charge is 2.53. The molecular weight excluding hydrogens is 378 g/mol. The normalized spacial score (nSPS) is 25.8. The van der Waals surface area contributed by atoms with Gasteiger partial charge in [0, 0.05) is 11.8 Å². The van der Waals surface area contributed by atoms with Crippen LogP contribution in [0.15, 0.2) is 22.8 Å². The summed E-state index contributed by atoms with van der Waals surface area (Å²) in [7, 11) is -11.6. The molecule has 0 aromatic rings. The Morgan fingerprint density at radius 2 is 1.39 bits per heavy atom. The number of hydrogen-bond acceptors (Lipinski definition) is 5. The number of alkyl halides is 6. The van der Waals surface area contributed by atoms with E-state index in [9.17, 15) is 43.2 Å². The summed E-state index contributed by atoms with van der Waals surface area (Å²) in [6, 6.07) is 0. The molecule has 0 N–H and O–H groups in total. The molecule has 0 radical (unpaired) electrons. The third-order valence-corrected chi connectivity index (χ3v) is 6.00. The van der Waals surface area contributed by atoms with Crippen LogP contribution >= 0.6 is 0 Å². The van der Waals surface area contributed by atoms with Gasteiger partial charge in [0.15, 0.2) is 0 Å². The molecule has 0 fully saturated rings. The van der Waals surface area contributed by atoms with Crippen LogP contribution in [0, 0.1) is 11.8 Å². The van der Waals surface area contributed by atoms with E-state index in [-0.39, 0.29) is 12.8 Å². The van der Waals surface area contributed by atoms with Crippen molar-refractivity contribution < 1.29 is 47.4 Å². The number of sulfone groups is 1. The lowest BCUT2D eigenvalue weighted by atomic mass is 9.80. The summed E-state index contributed by atoms with van der Waals surface area (Å²) in [5.41, 5.74) is -11.3. The Morgan fingerprint density at radius 3 is 1.78 bits per heavy atom. The molecule has 3 aliphatic carbocycles.